The van der Waals surface area contributed by atoms with Crippen LogP contribution in [-0.2, 0) is 32.2 Å². The van der Waals surface area contributed by atoms with E-state index in [-0.39, 0.29) is 22.3 Å². The van der Waals surface area contributed by atoms with Crippen molar-refractivity contribution in [2.75, 3.05) is 5.32 Å². The number of fused-ring (bicyclic) bond motifs is 3. The van der Waals surface area contributed by atoms with Crippen molar-refractivity contribution in [2.45, 2.75) is 61.3 Å². The number of anilines is 1. The standard InChI is InChI=1S/C30H27Cl2F3N4O6S/c31-24-14-18(15-25(32)38-24)27(40)36-19-9-5-16(6-10-19)13-22(29(42)43)37-28(41)26-17-7-11-20(12-8-17)39(26)46(44,45)23-4-2-1-3-21(23)30(33,34)35/h1-6,9-10,14-15,17,20,22,26H,7-8,11-13H2,(H,36,40)(H,37,41)(H,42,43)/t17?,20?,22-,26?/m0/s1. The summed E-state index contributed by atoms with van der Waals surface area (Å²) in [6.07, 6.45) is -3.47. The van der Waals surface area contributed by atoms with Crippen LogP contribution in [0, 0.1) is 5.92 Å². The third kappa shape index (κ3) is 7.14. The smallest absolute Gasteiger partial charge is 0.417 e. The number of aromatic nitrogens is 1. The summed E-state index contributed by atoms with van der Waals surface area (Å²) in [4.78, 5) is 41.2. The number of hydrogen-bond acceptors (Lipinski definition) is 6. The summed E-state index contributed by atoms with van der Waals surface area (Å²) >= 11 is 11.7. The highest BCUT2D eigenvalue weighted by Gasteiger charge is 2.52. The van der Waals surface area contributed by atoms with Gasteiger partial charge in [0, 0.05) is 23.7 Å². The number of aliphatic carboxylic acids is 1. The van der Waals surface area contributed by atoms with Crippen molar-refractivity contribution in [1.82, 2.24) is 14.6 Å². The molecule has 2 aromatic carbocycles. The largest absolute Gasteiger partial charge is 0.480 e. The van der Waals surface area contributed by atoms with Crippen LogP contribution >= 0.6 is 23.2 Å². The molecule has 2 amide bonds. The molecule has 1 saturated carbocycles. The molecule has 3 aromatic rings. The summed E-state index contributed by atoms with van der Waals surface area (Å²) in [5, 5.41) is 15.1. The Labute approximate surface area is 272 Å². The molecule has 2 aliphatic heterocycles. The van der Waals surface area contributed by atoms with Gasteiger partial charge in [0.25, 0.3) is 5.91 Å². The van der Waals surface area contributed by atoms with Gasteiger partial charge in [0.05, 0.1) is 10.5 Å². The van der Waals surface area contributed by atoms with E-state index in [0.717, 1.165) is 16.4 Å². The fraction of sp³-hybridized carbons (Fsp3) is 0.333. The zero-order chi connectivity index (χ0) is 33.4. The maximum atomic E-state index is 13.8. The van der Waals surface area contributed by atoms with Crippen molar-refractivity contribution < 1.29 is 41.1 Å². The maximum Gasteiger partial charge on any atom is 0.417 e. The van der Waals surface area contributed by atoms with Crippen LogP contribution in [0.15, 0.2) is 65.6 Å². The summed E-state index contributed by atoms with van der Waals surface area (Å²) in [6, 6.07) is 9.00. The van der Waals surface area contributed by atoms with Crippen molar-refractivity contribution in [3.8, 4) is 0 Å². The zero-order valence-corrected chi connectivity index (χ0v) is 26.1. The molecular formula is C30H27Cl2F3N4O6S. The van der Waals surface area contributed by atoms with Crippen molar-refractivity contribution >= 4 is 56.7 Å². The summed E-state index contributed by atoms with van der Waals surface area (Å²) in [5.41, 5.74) is -0.342. The quantitative estimate of drug-likeness (QED) is 0.254. The molecule has 0 spiro atoms. The fourth-order valence-corrected chi connectivity index (χ4v) is 8.61. The molecule has 10 nitrogen and oxygen atoms in total. The molecule has 16 heteroatoms. The number of sulfonamides is 1. The molecule has 244 valence electrons. The SMILES string of the molecule is O=C(Nc1ccc(C[C@H](NC(=O)C2C3CCC(CC3)N2S(=O)(=O)c2ccccc2C(F)(F)F)C(=O)O)cc1)c1cc(Cl)nc(Cl)c1. The summed E-state index contributed by atoms with van der Waals surface area (Å²) < 4.78 is 69.8. The Morgan fingerprint density at radius 2 is 1.59 bits per heavy atom. The topological polar surface area (TPSA) is 146 Å². The van der Waals surface area contributed by atoms with E-state index in [9.17, 15) is 41.1 Å². The van der Waals surface area contributed by atoms with Gasteiger partial charge in [-0.25, -0.2) is 18.2 Å². The minimum Gasteiger partial charge on any atom is -0.480 e. The number of alkyl halides is 3. The average molecular weight is 700 g/mol. The number of hydrogen-bond donors (Lipinski definition) is 3. The first-order chi connectivity index (χ1) is 21.6. The second-order valence-corrected chi connectivity index (χ2v) is 13.7. The first-order valence-corrected chi connectivity index (χ1v) is 16.3. The van der Waals surface area contributed by atoms with E-state index in [1.165, 1.54) is 42.5 Å². The predicted molar refractivity (Wildman–Crippen MR) is 162 cm³/mol. The lowest BCUT2D eigenvalue weighted by Crippen LogP contribution is -2.64. The van der Waals surface area contributed by atoms with Crippen molar-refractivity contribution in [2.24, 2.45) is 5.92 Å². The number of amides is 2. The van der Waals surface area contributed by atoms with E-state index in [0.29, 0.717) is 43.0 Å². The van der Waals surface area contributed by atoms with E-state index in [1.54, 1.807) is 0 Å². The van der Waals surface area contributed by atoms with Crippen molar-refractivity contribution in [1.29, 1.82) is 0 Å². The van der Waals surface area contributed by atoms with E-state index in [4.69, 9.17) is 23.2 Å². The van der Waals surface area contributed by atoms with Gasteiger partial charge in [-0.1, -0.05) is 47.5 Å². The maximum absolute atomic E-state index is 13.8. The highest BCUT2D eigenvalue weighted by atomic mass is 35.5. The Morgan fingerprint density at radius 1 is 0.978 bits per heavy atom. The molecule has 3 fully saturated rings. The lowest BCUT2D eigenvalue weighted by molar-refractivity contribution is -0.144. The van der Waals surface area contributed by atoms with Crippen LogP contribution in [0.25, 0.3) is 0 Å². The normalized spacial score (nSPS) is 20.6. The Kier molecular flexibility index (Phi) is 9.64. The molecule has 6 rings (SSSR count). The number of halogens is 5. The molecule has 1 aliphatic carbocycles. The molecule has 0 radical (unpaired) electrons. The van der Waals surface area contributed by atoms with Crippen LogP contribution in [0.3, 0.4) is 0 Å². The van der Waals surface area contributed by atoms with Gasteiger partial charge in [-0.15, -0.1) is 0 Å². The van der Waals surface area contributed by atoms with Crippen molar-refractivity contribution in [3.05, 3.63) is 87.7 Å². The molecule has 2 bridgehead atoms. The van der Waals surface area contributed by atoms with Crippen LogP contribution in [-0.4, -0.2) is 58.7 Å². The number of benzene rings is 2. The molecule has 3 aliphatic rings. The van der Waals surface area contributed by atoms with E-state index < -0.39 is 68.5 Å². The Bertz CT molecular complexity index is 1750. The predicted octanol–water partition coefficient (Wildman–Crippen LogP) is 5.40. The Hall–Kier alpha value is -3.72. The first-order valence-electron chi connectivity index (χ1n) is 14.1. The highest BCUT2D eigenvalue weighted by Crippen LogP contribution is 2.44. The van der Waals surface area contributed by atoms with Crippen LogP contribution in [0.1, 0.15) is 47.2 Å². The number of pyridine rings is 1. The zero-order valence-electron chi connectivity index (χ0n) is 23.8. The summed E-state index contributed by atoms with van der Waals surface area (Å²) in [5.74, 6) is -3.31. The van der Waals surface area contributed by atoms with Crippen LogP contribution in [0.5, 0.6) is 0 Å². The molecule has 1 unspecified atom stereocenters. The second-order valence-electron chi connectivity index (χ2n) is 11.1. The van der Waals surface area contributed by atoms with E-state index in [1.807, 2.05) is 0 Å². The van der Waals surface area contributed by atoms with Crippen LogP contribution in [0.2, 0.25) is 10.3 Å². The van der Waals surface area contributed by atoms with Gasteiger partial charge < -0.3 is 15.7 Å². The molecule has 2 saturated heterocycles. The van der Waals surface area contributed by atoms with Gasteiger partial charge in [-0.3, -0.25) is 9.59 Å². The minimum atomic E-state index is -4.95. The number of piperidine rings is 2. The van der Waals surface area contributed by atoms with Gasteiger partial charge >= 0.3 is 12.1 Å². The number of carbonyl (C=O) groups excluding carboxylic acids is 2. The summed E-state index contributed by atoms with van der Waals surface area (Å²) in [6.45, 7) is 0. The number of nitrogens with zero attached hydrogens (tertiary/aromatic N) is 2. The van der Waals surface area contributed by atoms with Gasteiger partial charge in [-0.2, -0.15) is 17.5 Å². The minimum absolute atomic E-state index is 0.0302. The lowest BCUT2D eigenvalue weighted by atomic mass is 9.76. The molecular weight excluding hydrogens is 672 g/mol. The molecule has 2 atom stereocenters. The fourth-order valence-electron chi connectivity index (χ4n) is 6.04. The third-order valence-electron chi connectivity index (χ3n) is 8.13. The highest BCUT2D eigenvalue weighted by molar-refractivity contribution is 7.89. The number of carboxylic acid groups (broad SMARTS) is 1. The summed E-state index contributed by atoms with van der Waals surface area (Å²) in [7, 11) is -4.80. The third-order valence-corrected chi connectivity index (χ3v) is 10.5. The molecule has 46 heavy (non-hydrogen) atoms. The van der Waals surface area contributed by atoms with Gasteiger partial charge in [0.2, 0.25) is 15.9 Å². The Balaban J connectivity index is 1.33. The van der Waals surface area contributed by atoms with E-state index in [2.05, 4.69) is 15.6 Å². The number of carboxylic acids is 1. The molecule has 3 heterocycles. The van der Waals surface area contributed by atoms with Gasteiger partial charge in [0.1, 0.15) is 22.4 Å². The molecule has 1 aromatic heterocycles. The monoisotopic (exact) mass is 698 g/mol. The Morgan fingerprint density at radius 3 is 2.17 bits per heavy atom. The number of carbonyl (C=O) groups is 3. The lowest BCUT2D eigenvalue weighted by Gasteiger charge is -2.49. The molecule has 3 N–H and O–H groups in total. The second kappa shape index (κ2) is 13.2. The van der Waals surface area contributed by atoms with Gasteiger partial charge in [-0.05, 0) is 73.6 Å². The van der Waals surface area contributed by atoms with Gasteiger partial charge in [0.15, 0.2) is 0 Å². The van der Waals surface area contributed by atoms with Crippen molar-refractivity contribution in [3.63, 3.8) is 0 Å². The van der Waals surface area contributed by atoms with Crippen LogP contribution in [0.4, 0.5) is 18.9 Å². The first kappa shape index (κ1) is 33.6. The number of rotatable bonds is 9. The number of nitrogens with one attached hydrogen (secondary N) is 2. The average Bonchev–Trinajstić information content (AvgIpc) is 3.00. The van der Waals surface area contributed by atoms with E-state index >= 15 is 0 Å². The van der Waals surface area contributed by atoms with Crippen LogP contribution < -0.4 is 10.6 Å².